The molecule has 1 aliphatic carbocycles. The van der Waals surface area contributed by atoms with Gasteiger partial charge in [-0.05, 0) is 18.1 Å². The van der Waals surface area contributed by atoms with Crippen molar-refractivity contribution in [1.29, 1.82) is 0 Å². The molecule has 3 rings (SSSR count). The third kappa shape index (κ3) is 1.30. The van der Waals surface area contributed by atoms with E-state index in [1.165, 1.54) is 17.7 Å². The van der Waals surface area contributed by atoms with Gasteiger partial charge >= 0.3 is 0 Å². The largest absolute Gasteiger partial charge is 0.367 e. The Bertz CT molecular complexity index is 431. The number of fused-ring (bicyclic) bond motifs is 2. The predicted octanol–water partition coefficient (Wildman–Crippen LogP) is 2.79. The van der Waals surface area contributed by atoms with Gasteiger partial charge in [0.25, 0.3) is 0 Å². The van der Waals surface area contributed by atoms with Gasteiger partial charge in [-0.2, -0.15) is 0 Å². The maximum atomic E-state index is 2.39. The van der Waals surface area contributed by atoms with E-state index in [0.29, 0.717) is 12.0 Å². The molecule has 0 saturated carbocycles. The van der Waals surface area contributed by atoms with Crippen LogP contribution in [0.5, 0.6) is 0 Å². The summed E-state index contributed by atoms with van der Waals surface area (Å²) in [5.74, 6) is 0.648. The Morgan fingerprint density at radius 1 is 1.13 bits per heavy atom. The van der Waals surface area contributed by atoms with Crippen molar-refractivity contribution in [2.24, 2.45) is 5.92 Å². The Morgan fingerprint density at radius 2 is 1.93 bits per heavy atom. The van der Waals surface area contributed by atoms with E-state index in [0.717, 1.165) is 0 Å². The molecule has 15 heavy (non-hydrogen) atoms. The fourth-order valence-electron chi connectivity index (χ4n) is 2.69. The van der Waals surface area contributed by atoms with Gasteiger partial charge in [-0.3, -0.25) is 0 Å². The molecule has 0 N–H and O–H groups in total. The average molecular weight is 197 g/mol. The standard InChI is InChI=1S/C14H15N/c1-15-13-8-4-2-6-11(13)10-12-7-3-5-9-14(12)15/h2-9,11,13H,10H2,1H3. The van der Waals surface area contributed by atoms with Crippen LogP contribution in [-0.2, 0) is 6.42 Å². The summed E-state index contributed by atoms with van der Waals surface area (Å²) in [5, 5.41) is 0. The quantitative estimate of drug-likeness (QED) is 0.618. The molecule has 1 heteroatoms. The fraction of sp³-hybridized carbons (Fsp3) is 0.286. The number of benzene rings is 1. The zero-order valence-corrected chi connectivity index (χ0v) is 8.93. The number of likely N-dealkylation sites (N-methyl/N-ethyl adjacent to an activating group) is 1. The number of hydrogen-bond acceptors (Lipinski definition) is 1. The molecule has 1 nitrogen and oxygen atoms in total. The van der Waals surface area contributed by atoms with E-state index in [1.807, 2.05) is 0 Å². The Kier molecular flexibility index (Phi) is 1.91. The summed E-state index contributed by atoms with van der Waals surface area (Å²) < 4.78 is 0. The average Bonchev–Trinajstić information content (AvgIpc) is 2.30. The SMILES string of the molecule is CN1c2ccccc2CC2C=CC=CC21. The predicted molar refractivity (Wildman–Crippen MR) is 64.1 cm³/mol. The van der Waals surface area contributed by atoms with Crippen LogP contribution in [-0.4, -0.2) is 13.1 Å². The van der Waals surface area contributed by atoms with Crippen LogP contribution in [0.4, 0.5) is 5.69 Å². The summed E-state index contributed by atoms with van der Waals surface area (Å²) in [7, 11) is 2.19. The number of para-hydroxylation sites is 1. The molecule has 1 heterocycles. The molecule has 0 fully saturated rings. The number of allylic oxidation sites excluding steroid dienone is 2. The van der Waals surface area contributed by atoms with Crippen LogP contribution in [0.15, 0.2) is 48.6 Å². The summed E-state index contributed by atoms with van der Waals surface area (Å²) in [5.41, 5.74) is 2.86. The molecule has 0 saturated heterocycles. The molecule has 2 atom stereocenters. The summed E-state index contributed by atoms with van der Waals surface area (Å²) in [6.07, 6.45) is 10.1. The Hall–Kier alpha value is -1.50. The second-order valence-electron chi connectivity index (χ2n) is 4.37. The van der Waals surface area contributed by atoms with Crippen LogP contribution in [0.25, 0.3) is 0 Å². The van der Waals surface area contributed by atoms with Gasteiger partial charge in [0, 0.05) is 18.7 Å². The Balaban J connectivity index is 2.07. The van der Waals surface area contributed by atoms with Crippen molar-refractivity contribution in [3.8, 4) is 0 Å². The van der Waals surface area contributed by atoms with E-state index in [4.69, 9.17) is 0 Å². The summed E-state index contributed by atoms with van der Waals surface area (Å²) in [4.78, 5) is 2.39. The van der Waals surface area contributed by atoms with Crippen molar-refractivity contribution < 1.29 is 0 Å². The van der Waals surface area contributed by atoms with E-state index in [9.17, 15) is 0 Å². The highest BCUT2D eigenvalue weighted by Gasteiger charge is 2.29. The van der Waals surface area contributed by atoms with Crippen LogP contribution in [0, 0.1) is 5.92 Å². The van der Waals surface area contributed by atoms with Crippen molar-refractivity contribution >= 4 is 5.69 Å². The minimum absolute atomic E-state index is 0.546. The number of hydrogen-bond donors (Lipinski definition) is 0. The van der Waals surface area contributed by atoms with Gasteiger partial charge in [-0.1, -0.05) is 42.5 Å². The molecule has 2 unspecified atom stereocenters. The van der Waals surface area contributed by atoms with Gasteiger partial charge in [0.15, 0.2) is 0 Å². The van der Waals surface area contributed by atoms with Crippen molar-refractivity contribution in [3.05, 3.63) is 54.1 Å². The fourth-order valence-corrected chi connectivity index (χ4v) is 2.69. The molecule has 76 valence electrons. The molecule has 1 aromatic carbocycles. The minimum Gasteiger partial charge on any atom is -0.367 e. The lowest BCUT2D eigenvalue weighted by Gasteiger charge is -2.40. The zero-order chi connectivity index (χ0) is 10.3. The highest BCUT2D eigenvalue weighted by Crippen LogP contribution is 2.34. The molecule has 2 aliphatic rings. The smallest absolute Gasteiger partial charge is 0.0538 e. The van der Waals surface area contributed by atoms with Gasteiger partial charge in [-0.25, -0.2) is 0 Å². The van der Waals surface area contributed by atoms with Gasteiger partial charge < -0.3 is 4.90 Å². The summed E-state index contributed by atoms with van der Waals surface area (Å²) in [6.45, 7) is 0. The van der Waals surface area contributed by atoms with Crippen LogP contribution in [0.3, 0.4) is 0 Å². The molecule has 0 aromatic heterocycles. The van der Waals surface area contributed by atoms with Crippen LogP contribution in [0.2, 0.25) is 0 Å². The van der Waals surface area contributed by atoms with E-state index in [1.54, 1.807) is 0 Å². The Labute approximate surface area is 90.7 Å². The Morgan fingerprint density at radius 3 is 2.87 bits per heavy atom. The highest BCUT2D eigenvalue weighted by atomic mass is 15.1. The number of anilines is 1. The van der Waals surface area contributed by atoms with Gasteiger partial charge in [0.05, 0.1) is 6.04 Å². The minimum atomic E-state index is 0.546. The van der Waals surface area contributed by atoms with E-state index in [-0.39, 0.29) is 0 Å². The molecular formula is C14H15N. The van der Waals surface area contributed by atoms with E-state index in [2.05, 4.69) is 60.5 Å². The molecular weight excluding hydrogens is 182 g/mol. The summed E-state index contributed by atoms with van der Waals surface area (Å²) in [6, 6.07) is 9.27. The molecule has 0 spiro atoms. The molecule has 0 amide bonds. The van der Waals surface area contributed by atoms with Crippen LogP contribution >= 0.6 is 0 Å². The van der Waals surface area contributed by atoms with Crippen molar-refractivity contribution in [2.45, 2.75) is 12.5 Å². The van der Waals surface area contributed by atoms with Crippen molar-refractivity contribution in [1.82, 2.24) is 0 Å². The highest BCUT2D eigenvalue weighted by molar-refractivity contribution is 5.58. The lowest BCUT2D eigenvalue weighted by Crippen LogP contribution is -2.41. The van der Waals surface area contributed by atoms with E-state index >= 15 is 0 Å². The second-order valence-corrected chi connectivity index (χ2v) is 4.37. The lowest BCUT2D eigenvalue weighted by atomic mass is 9.83. The van der Waals surface area contributed by atoms with Gasteiger partial charge in [0.1, 0.15) is 0 Å². The first-order valence-corrected chi connectivity index (χ1v) is 5.52. The first kappa shape index (κ1) is 8.78. The number of rotatable bonds is 0. The van der Waals surface area contributed by atoms with Crippen molar-refractivity contribution in [2.75, 3.05) is 11.9 Å². The third-order valence-electron chi connectivity index (χ3n) is 3.49. The topological polar surface area (TPSA) is 3.24 Å². The second kappa shape index (κ2) is 3.27. The zero-order valence-electron chi connectivity index (χ0n) is 8.93. The maximum absolute atomic E-state index is 2.39. The number of nitrogens with zero attached hydrogens (tertiary/aromatic N) is 1. The van der Waals surface area contributed by atoms with Gasteiger partial charge in [-0.15, -0.1) is 0 Å². The van der Waals surface area contributed by atoms with Crippen molar-refractivity contribution in [3.63, 3.8) is 0 Å². The van der Waals surface area contributed by atoms with Crippen LogP contribution < -0.4 is 4.90 Å². The molecule has 0 radical (unpaired) electrons. The maximum Gasteiger partial charge on any atom is 0.0538 e. The normalized spacial score (nSPS) is 27.4. The summed E-state index contributed by atoms with van der Waals surface area (Å²) >= 11 is 0. The molecule has 0 bridgehead atoms. The first-order valence-electron chi connectivity index (χ1n) is 5.52. The first-order chi connectivity index (χ1) is 7.36. The molecule has 1 aromatic rings. The third-order valence-corrected chi connectivity index (χ3v) is 3.49. The van der Waals surface area contributed by atoms with E-state index < -0.39 is 0 Å². The lowest BCUT2D eigenvalue weighted by molar-refractivity contribution is 0.520. The van der Waals surface area contributed by atoms with Gasteiger partial charge in [0.2, 0.25) is 0 Å². The monoisotopic (exact) mass is 197 g/mol. The van der Waals surface area contributed by atoms with Crippen LogP contribution in [0.1, 0.15) is 5.56 Å². The molecule has 1 aliphatic heterocycles.